The molecule has 0 aliphatic carbocycles. The summed E-state index contributed by atoms with van der Waals surface area (Å²) in [5.74, 6) is -0.108. The lowest BCUT2D eigenvalue weighted by Crippen LogP contribution is -2.31. The molecule has 5 aromatic rings. The van der Waals surface area contributed by atoms with Gasteiger partial charge in [0.05, 0.1) is 5.69 Å². The fraction of sp³-hybridized carbons (Fsp3) is 0.0541. The number of amidine groups is 1. The van der Waals surface area contributed by atoms with Crippen molar-refractivity contribution in [3.05, 3.63) is 162 Å². The molecule has 43 heavy (non-hydrogen) atoms. The van der Waals surface area contributed by atoms with E-state index in [1.165, 1.54) is 4.90 Å². The van der Waals surface area contributed by atoms with Gasteiger partial charge in [0.15, 0.2) is 12.0 Å². The van der Waals surface area contributed by atoms with Gasteiger partial charge in [-0.2, -0.15) is 4.99 Å². The second-order valence-corrected chi connectivity index (χ2v) is 9.97. The Balaban J connectivity index is 1.30. The Hall–Kier alpha value is -5.75. The maximum atomic E-state index is 13.6. The highest BCUT2D eigenvalue weighted by molar-refractivity contribution is 6.12. The minimum Gasteiger partial charge on any atom is -0.419 e. The van der Waals surface area contributed by atoms with Gasteiger partial charge in [0.25, 0.3) is 5.91 Å². The highest BCUT2D eigenvalue weighted by Gasteiger charge is 2.35. The van der Waals surface area contributed by atoms with Gasteiger partial charge in [-0.25, -0.2) is 0 Å². The lowest BCUT2D eigenvalue weighted by Gasteiger charge is -2.25. The van der Waals surface area contributed by atoms with E-state index in [0.717, 1.165) is 34.5 Å². The second-order valence-electron chi connectivity index (χ2n) is 9.97. The maximum Gasteiger partial charge on any atom is 0.305 e. The third-order valence-corrected chi connectivity index (χ3v) is 7.11. The summed E-state index contributed by atoms with van der Waals surface area (Å²) >= 11 is 0. The number of carbonyl (C=O) groups excluding carboxylic acids is 2. The van der Waals surface area contributed by atoms with E-state index < -0.39 is 0 Å². The van der Waals surface area contributed by atoms with Crippen LogP contribution in [0.1, 0.15) is 21.5 Å². The first-order valence-corrected chi connectivity index (χ1v) is 14.1. The fourth-order valence-corrected chi connectivity index (χ4v) is 4.94. The van der Waals surface area contributed by atoms with Crippen LogP contribution in [0.4, 0.5) is 22.7 Å². The molecule has 1 heterocycles. The highest BCUT2D eigenvalue weighted by Crippen LogP contribution is 2.34. The van der Waals surface area contributed by atoms with E-state index >= 15 is 0 Å². The number of benzene rings is 5. The molecule has 1 aliphatic heterocycles. The van der Waals surface area contributed by atoms with Gasteiger partial charge in [-0.05, 0) is 72.2 Å². The zero-order chi connectivity index (χ0) is 29.4. The zero-order valence-electron chi connectivity index (χ0n) is 23.4. The van der Waals surface area contributed by atoms with Crippen molar-refractivity contribution in [2.45, 2.75) is 6.42 Å². The van der Waals surface area contributed by atoms with Gasteiger partial charge in [-0.1, -0.05) is 91.0 Å². The molecule has 5 aromatic carbocycles. The number of anilines is 3. The average Bonchev–Trinajstić information content (AvgIpc) is 3.35. The number of carbonyl (C=O) groups is 2. The van der Waals surface area contributed by atoms with Crippen LogP contribution >= 0.6 is 0 Å². The average molecular weight is 564 g/mol. The summed E-state index contributed by atoms with van der Waals surface area (Å²) in [4.78, 5) is 33.5. The van der Waals surface area contributed by atoms with E-state index in [1.54, 1.807) is 30.3 Å². The SMILES string of the molecule is O=Cc1ccccc1N=C1O/C(=C/c2ccc(N(c3ccccc3)c3ccccc3)cc2)C(=O)N1CCc1ccccc1. The molecule has 6 nitrogen and oxygen atoms in total. The molecule has 6 rings (SSSR count). The number of hydrogen-bond acceptors (Lipinski definition) is 5. The molecule has 210 valence electrons. The Labute approximate surface area is 250 Å². The monoisotopic (exact) mass is 563 g/mol. The highest BCUT2D eigenvalue weighted by atomic mass is 16.5. The van der Waals surface area contributed by atoms with Crippen LogP contribution < -0.4 is 4.90 Å². The van der Waals surface area contributed by atoms with Gasteiger partial charge in [-0.15, -0.1) is 0 Å². The number of amides is 1. The smallest absolute Gasteiger partial charge is 0.305 e. The molecule has 1 amide bonds. The molecule has 1 saturated heterocycles. The van der Waals surface area contributed by atoms with Gasteiger partial charge in [0, 0.05) is 29.2 Å². The molecule has 0 unspecified atom stereocenters. The molecule has 0 saturated carbocycles. The van der Waals surface area contributed by atoms with E-state index in [4.69, 9.17) is 4.74 Å². The molecule has 0 atom stereocenters. The molecule has 0 N–H and O–H groups in total. The molecule has 0 bridgehead atoms. The van der Waals surface area contributed by atoms with Crippen molar-refractivity contribution in [2.24, 2.45) is 4.99 Å². The Morgan fingerprint density at radius 3 is 1.86 bits per heavy atom. The lowest BCUT2D eigenvalue weighted by atomic mass is 10.1. The van der Waals surface area contributed by atoms with Gasteiger partial charge in [-0.3, -0.25) is 14.5 Å². The number of hydrogen-bond donors (Lipinski definition) is 0. The number of nitrogens with zero attached hydrogens (tertiary/aromatic N) is 3. The van der Waals surface area contributed by atoms with Crippen LogP contribution in [0.25, 0.3) is 6.08 Å². The first kappa shape index (κ1) is 27.4. The van der Waals surface area contributed by atoms with Crippen LogP contribution in [0.3, 0.4) is 0 Å². The predicted octanol–water partition coefficient (Wildman–Crippen LogP) is 8.10. The Kier molecular flexibility index (Phi) is 8.18. The molecule has 0 spiro atoms. The number of ether oxygens (including phenoxy) is 1. The van der Waals surface area contributed by atoms with Gasteiger partial charge < -0.3 is 9.64 Å². The van der Waals surface area contributed by atoms with Crippen LogP contribution in [0.2, 0.25) is 0 Å². The van der Waals surface area contributed by atoms with Crippen molar-refractivity contribution < 1.29 is 14.3 Å². The molecule has 6 heteroatoms. The Morgan fingerprint density at radius 1 is 0.674 bits per heavy atom. The molecule has 1 fully saturated rings. The normalized spacial score (nSPS) is 14.6. The van der Waals surface area contributed by atoms with Crippen molar-refractivity contribution in [1.29, 1.82) is 0 Å². The molecular weight excluding hydrogens is 534 g/mol. The molecular formula is C37H29N3O3. The van der Waals surface area contributed by atoms with Gasteiger partial charge in [0.2, 0.25) is 0 Å². The number of aldehydes is 1. The third-order valence-electron chi connectivity index (χ3n) is 7.11. The Morgan fingerprint density at radius 2 is 1.23 bits per heavy atom. The van der Waals surface area contributed by atoms with Crippen molar-refractivity contribution in [2.75, 3.05) is 11.4 Å². The first-order valence-electron chi connectivity index (χ1n) is 14.1. The van der Waals surface area contributed by atoms with Crippen molar-refractivity contribution in [1.82, 2.24) is 4.90 Å². The quantitative estimate of drug-likeness (QED) is 0.134. The van der Waals surface area contributed by atoms with Crippen molar-refractivity contribution in [3.8, 4) is 0 Å². The maximum absolute atomic E-state index is 13.6. The largest absolute Gasteiger partial charge is 0.419 e. The second kappa shape index (κ2) is 12.8. The number of rotatable bonds is 9. The van der Waals surface area contributed by atoms with Crippen LogP contribution in [0.5, 0.6) is 0 Å². The third kappa shape index (κ3) is 6.29. The van der Waals surface area contributed by atoms with E-state index in [9.17, 15) is 9.59 Å². The summed E-state index contributed by atoms with van der Waals surface area (Å²) in [6.45, 7) is 0.379. The minimum absolute atomic E-state index is 0.150. The van der Waals surface area contributed by atoms with Gasteiger partial charge >= 0.3 is 6.02 Å². The summed E-state index contributed by atoms with van der Waals surface area (Å²) in [6, 6.07) is 45.4. The summed E-state index contributed by atoms with van der Waals surface area (Å²) in [5.41, 5.74) is 5.83. The van der Waals surface area contributed by atoms with Crippen LogP contribution in [-0.4, -0.2) is 29.7 Å². The van der Waals surface area contributed by atoms with Crippen molar-refractivity contribution in [3.63, 3.8) is 0 Å². The molecule has 0 radical (unpaired) electrons. The van der Waals surface area contributed by atoms with Gasteiger partial charge in [0.1, 0.15) is 0 Å². The van der Waals surface area contributed by atoms with Crippen molar-refractivity contribution >= 4 is 47.0 Å². The Bertz CT molecular complexity index is 1730. The van der Waals surface area contributed by atoms with Crippen LogP contribution in [-0.2, 0) is 16.0 Å². The molecule has 1 aliphatic rings. The predicted molar refractivity (Wildman–Crippen MR) is 171 cm³/mol. The summed E-state index contributed by atoms with van der Waals surface area (Å²) in [7, 11) is 0. The number of para-hydroxylation sites is 3. The molecule has 0 aromatic heterocycles. The van der Waals surface area contributed by atoms with E-state index in [2.05, 4.69) is 34.2 Å². The summed E-state index contributed by atoms with van der Waals surface area (Å²) in [6.07, 6.45) is 3.10. The summed E-state index contributed by atoms with van der Waals surface area (Å²) < 4.78 is 6.06. The number of aliphatic imine (C=N–C) groups is 1. The topological polar surface area (TPSA) is 62.2 Å². The van der Waals surface area contributed by atoms with Crippen LogP contribution in [0.15, 0.2) is 150 Å². The van der Waals surface area contributed by atoms with E-state index in [-0.39, 0.29) is 17.7 Å². The van der Waals surface area contributed by atoms with E-state index in [1.807, 2.05) is 91.0 Å². The summed E-state index contributed by atoms with van der Waals surface area (Å²) in [5, 5.41) is 0. The fourth-order valence-electron chi connectivity index (χ4n) is 4.94. The standard InChI is InChI=1S/C37H29N3O3/c41-27-30-14-10-11-19-34(30)38-37-39(25-24-28-12-4-1-5-13-28)36(42)35(43-37)26-29-20-22-33(23-21-29)40(31-15-6-2-7-16-31)32-17-8-3-9-18-32/h1-23,26-27H,24-25H2/b35-26+,38-37?. The first-order chi connectivity index (χ1) is 21.2. The zero-order valence-corrected chi connectivity index (χ0v) is 23.4. The lowest BCUT2D eigenvalue weighted by molar-refractivity contribution is -0.122. The van der Waals surface area contributed by atoms with Crippen LogP contribution in [0, 0.1) is 0 Å². The van der Waals surface area contributed by atoms with E-state index in [0.29, 0.717) is 24.2 Å². The minimum atomic E-state index is -0.280.